The van der Waals surface area contributed by atoms with Crippen molar-refractivity contribution in [1.29, 1.82) is 0 Å². The van der Waals surface area contributed by atoms with Crippen molar-refractivity contribution in [3.63, 3.8) is 0 Å². The molecule has 0 fully saturated rings. The molecule has 0 bridgehead atoms. The van der Waals surface area contributed by atoms with E-state index in [0.29, 0.717) is 5.41 Å². The summed E-state index contributed by atoms with van der Waals surface area (Å²) in [5.74, 6) is 0. The fourth-order valence-corrected chi connectivity index (χ4v) is 0.385. The van der Waals surface area contributed by atoms with E-state index >= 15 is 0 Å². The first-order chi connectivity index (χ1) is 5.56. The smallest absolute Gasteiger partial charge is 0.0623 e. The molecule has 0 aliphatic heterocycles. The number of hydrogen-bond donors (Lipinski definition) is 1. The van der Waals surface area contributed by atoms with Gasteiger partial charge in [-0.25, -0.2) is 0 Å². The van der Waals surface area contributed by atoms with Gasteiger partial charge in [0.2, 0.25) is 0 Å². The minimum absolute atomic E-state index is 0. The first-order valence-electron chi connectivity index (χ1n) is 3.16. The molecule has 0 aromatic heterocycles. The summed E-state index contributed by atoms with van der Waals surface area (Å²) in [4.78, 5) is 0. The van der Waals surface area contributed by atoms with Crippen molar-refractivity contribution in [1.82, 2.24) is 0 Å². The van der Waals surface area contributed by atoms with Gasteiger partial charge in [0, 0.05) is 0 Å². The Kier molecular flexibility index (Phi) is 11.1. The van der Waals surface area contributed by atoms with E-state index in [4.69, 9.17) is 4.55 Å². The predicted octanol–water partition coefficient (Wildman–Crippen LogP) is 1.06. The van der Waals surface area contributed by atoms with Crippen molar-refractivity contribution in [2.45, 2.75) is 0 Å². The van der Waals surface area contributed by atoms with Crippen molar-refractivity contribution >= 4 is 61.5 Å². The SMILES string of the molecule is C=CS(=O)(=O)O.[KH].c1ccccc1. The van der Waals surface area contributed by atoms with Gasteiger partial charge < -0.3 is 0 Å². The zero-order valence-electron chi connectivity index (χ0n) is 6.42. The van der Waals surface area contributed by atoms with Crippen molar-refractivity contribution in [3.8, 4) is 0 Å². The Morgan fingerprint density at radius 2 is 1.15 bits per heavy atom. The molecule has 0 heterocycles. The van der Waals surface area contributed by atoms with Crippen molar-refractivity contribution in [2.75, 3.05) is 0 Å². The summed E-state index contributed by atoms with van der Waals surface area (Å²) in [6.07, 6.45) is 0. The first-order valence-corrected chi connectivity index (χ1v) is 4.66. The van der Waals surface area contributed by atoms with Gasteiger partial charge in [-0.1, -0.05) is 43.0 Å². The average Bonchev–Trinajstić information content (AvgIpc) is 2.07. The van der Waals surface area contributed by atoms with Crippen LogP contribution in [0.1, 0.15) is 0 Å². The Morgan fingerprint density at radius 1 is 1.00 bits per heavy atom. The number of benzene rings is 1. The van der Waals surface area contributed by atoms with E-state index < -0.39 is 10.1 Å². The van der Waals surface area contributed by atoms with E-state index in [-0.39, 0.29) is 51.4 Å². The maximum Gasteiger partial charge on any atom is -0.0623 e. The van der Waals surface area contributed by atoms with Crippen LogP contribution in [0, 0.1) is 0 Å². The maximum absolute atomic E-state index is 9.44. The van der Waals surface area contributed by atoms with Gasteiger partial charge in [0.05, 0.1) is 5.41 Å². The molecule has 3 nitrogen and oxygen atoms in total. The van der Waals surface area contributed by atoms with Gasteiger partial charge in [-0.3, -0.25) is 4.55 Å². The molecule has 0 unspecified atom stereocenters. The third-order valence-corrected chi connectivity index (χ3v) is 1.30. The second-order valence-electron chi connectivity index (χ2n) is 1.84. The Balaban J connectivity index is 0. The molecule has 0 aliphatic carbocycles. The molecule has 1 aromatic rings. The average molecular weight is 226 g/mol. The molecular weight excluding hydrogens is 215 g/mol. The fourth-order valence-electron chi connectivity index (χ4n) is 0.385. The molecule has 68 valence electrons. The quantitative estimate of drug-likeness (QED) is 0.575. The van der Waals surface area contributed by atoms with Crippen LogP contribution < -0.4 is 0 Å². The Morgan fingerprint density at radius 3 is 1.23 bits per heavy atom. The van der Waals surface area contributed by atoms with Crippen LogP contribution in [0.25, 0.3) is 0 Å². The monoisotopic (exact) mass is 226 g/mol. The summed E-state index contributed by atoms with van der Waals surface area (Å²) in [5.41, 5.74) is 0. The minimum Gasteiger partial charge on any atom is -0.0623 e. The zero-order chi connectivity index (χ0) is 9.45. The van der Waals surface area contributed by atoms with Gasteiger partial charge >= 0.3 is 51.4 Å². The summed E-state index contributed by atoms with van der Waals surface area (Å²) in [5, 5.41) is 0.465. The molecule has 13 heavy (non-hydrogen) atoms. The normalized spacial score (nSPS) is 8.69. The Hall–Kier alpha value is 0.506. The van der Waals surface area contributed by atoms with Crippen LogP contribution in [0.2, 0.25) is 0 Å². The van der Waals surface area contributed by atoms with E-state index in [9.17, 15) is 8.42 Å². The van der Waals surface area contributed by atoms with Gasteiger partial charge in [0.25, 0.3) is 10.1 Å². The summed E-state index contributed by atoms with van der Waals surface area (Å²) in [6, 6.07) is 12.0. The second kappa shape index (κ2) is 9.08. The van der Waals surface area contributed by atoms with E-state index in [1.165, 1.54) is 0 Å². The van der Waals surface area contributed by atoms with Gasteiger partial charge in [0.1, 0.15) is 0 Å². The summed E-state index contributed by atoms with van der Waals surface area (Å²) >= 11 is 0. The van der Waals surface area contributed by atoms with Crippen LogP contribution in [0.4, 0.5) is 0 Å². The first kappa shape index (κ1) is 16.0. The van der Waals surface area contributed by atoms with Crippen molar-refractivity contribution in [2.24, 2.45) is 0 Å². The molecule has 0 spiro atoms. The van der Waals surface area contributed by atoms with Crippen LogP contribution in [-0.4, -0.2) is 64.4 Å². The number of rotatable bonds is 1. The maximum atomic E-state index is 9.44. The molecule has 0 saturated heterocycles. The molecule has 1 N–H and O–H groups in total. The molecule has 1 aromatic carbocycles. The van der Waals surface area contributed by atoms with Crippen LogP contribution in [0.5, 0.6) is 0 Å². The Bertz CT molecular complexity index is 269. The second-order valence-corrected chi connectivity index (χ2v) is 3.20. The van der Waals surface area contributed by atoms with Gasteiger partial charge in [-0.05, 0) is 0 Å². The predicted molar refractivity (Wildman–Crippen MR) is 55.3 cm³/mol. The summed E-state index contributed by atoms with van der Waals surface area (Å²) in [6.45, 7) is 2.79. The summed E-state index contributed by atoms with van der Waals surface area (Å²) < 4.78 is 26.6. The Labute approximate surface area is 121 Å². The van der Waals surface area contributed by atoms with E-state index in [1.807, 2.05) is 36.4 Å². The van der Waals surface area contributed by atoms with Gasteiger partial charge in [0.15, 0.2) is 0 Å². The topological polar surface area (TPSA) is 54.4 Å². The van der Waals surface area contributed by atoms with Crippen LogP contribution in [-0.2, 0) is 10.1 Å². The molecule has 0 aliphatic rings. The molecule has 0 radical (unpaired) electrons. The largest absolute Gasteiger partial charge is 0.0623 e. The molecule has 0 atom stereocenters. The molecule has 0 saturated carbocycles. The summed E-state index contributed by atoms with van der Waals surface area (Å²) in [7, 11) is -3.90. The van der Waals surface area contributed by atoms with Crippen LogP contribution >= 0.6 is 0 Å². The van der Waals surface area contributed by atoms with E-state index in [1.54, 1.807) is 0 Å². The standard InChI is InChI=1S/C6H6.C2H4O3S.K.H/c1-2-4-6-5-3-1;1-2-6(3,4)5;;/h1-6H;2H,1H2,(H,3,4,5);;. The molecular formula is C8H11KO3S. The van der Waals surface area contributed by atoms with Crippen molar-refractivity contribution < 1.29 is 13.0 Å². The molecule has 1 rings (SSSR count). The molecule has 0 amide bonds. The third kappa shape index (κ3) is 15.3. The third-order valence-electron chi connectivity index (χ3n) is 0.877. The van der Waals surface area contributed by atoms with Crippen LogP contribution in [0.15, 0.2) is 48.4 Å². The van der Waals surface area contributed by atoms with Crippen LogP contribution in [0.3, 0.4) is 0 Å². The van der Waals surface area contributed by atoms with E-state index in [2.05, 4.69) is 6.58 Å². The van der Waals surface area contributed by atoms with Crippen molar-refractivity contribution in [3.05, 3.63) is 48.4 Å². The van der Waals surface area contributed by atoms with E-state index in [0.717, 1.165) is 0 Å². The van der Waals surface area contributed by atoms with Gasteiger partial charge in [-0.15, -0.1) is 0 Å². The fraction of sp³-hybridized carbons (Fsp3) is 0. The molecule has 5 heteroatoms. The zero-order valence-corrected chi connectivity index (χ0v) is 7.24. The number of hydrogen-bond acceptors (Lipinski definition) is 2. The minimum atomic E-state index is -3.90. The van der Waals surface area contributed by atoms with Gasteiger partial charge in [-0.2, -0.15) is 8.42 Å².